The van der Waals surface area contributed by atoms with Gasteiger partial charge in [0.15, 0.2) is 0 Å². The maximum absolute atomic E-state index is 14.1. The van der Waals surface area contributed by atoms with E-state index in [2.05, 4.69) is 32.4 Å². The van der Waals surface area contributed by atoms with Gasteiger partial charge in [0.25, 0.3) is 5.22 Å². The fourth-order valence-corrected chi connectivity index (χ4v) is 4.39. The Labute approximate surface area is 202 Å². The summed E-state index contributed by atoms with van der Waals surface area (Å²) in [7, 11) is 3.69. The summed E-state index contributed by atoms with van der Waals surface area (Å²) < 4.78 is 24.9. The number of likely N-dealkylation sites (N-methyl/N-ethyl adjacent to an activating group) is 1. The maximum Gasteiger partial charge on any atom is 0.277 e. The van der Waals surface area contributed by atoms with Crippen LogP contribution in [0.5, 0.6) is 5.75 Å². The molecule has 0 spiro atoms. The van der Waals surface area contributed by atoms with Gasteiger partial charge in [-0.1, -0.05) is 11.8 Å². The molecule has 1 saturated heterocycles. The van der Waals surface area contributed by atoms with Crippen LogP contribution in [0.25, 0.3) is 11.5 Å². The Kier molecular flexibility index (Phi) is 7.69. The molecule has 34 heavy (non-hydrogen) atoms. The third-order valence-corrected chi connectivity index (χ3v) is 6.57. The second-order valence-electron chi connectivity index (χ2n) is 8.17. The SMILES string of the molecule is COc1ccc(-c2nnc(SCC(=O)NC(C)c3cc(F)ccc3N3CCN(C)CC3)o2)cc1. The van der Waals surface area contributed by atoms with E-state index in [4.69, 9.17) is 9.15 Å². The number of ether oxygens (including phenoxy) is 1. The fraction of sp³-hybridized carbons (Fsp3) is 0.375. The van der Waals surface area contributed by atoms with E-state index in [9.17, 15) is 9.18 Å². The van der Waals surface area contributed by atoms with Crippen LogP contribution >= 0.6 is 11.8 Å². The molecular weight excluding hydrogens is 457 g/mol. The molecule has 0 bridgehead atoms. The van der Waals surface area contributed by atoms with E-state index >= 15 is 0 Å². The van der Waals surface area contributed by atoms with Crippen molar-refractivity contribution >= 4 is 23.4 Å². The second-order valence-corrected chi connectivity index (χ2v) is 9.10. The highest BCUT2D eigenvalue weighted by atomic mass is 32.2. The number of halogens is 1. The van der Waals surface area contributed by atoms with Gasteiger partial charge >= 0.3 is 0 Å². The fourth-order valence-electron chi connectivity index (χ4n) is 3.81. The minimum Gasteiger partial charge on any atom is -0.497 e. The van der Waals surface area contributed by atoms with Gasteiger partial charge in [0, 0.05) is 43.0 Å². The largest absolute Gasteiger partial charge is 0.497 e. The molecule has 180 valence electrons. The van der Waals surface area contributed by atoms with Gasteiger partial charge in [0.05, 0.1) is 18.9 Å². The van der Waals surface area contributed by atoms with Crippen molar-refractivity contribution < 1.29 is 18.3 Å². The number of carbonyl (C=O) groups is 1. The monoisotopic (exact) mass is 485 g/mol. The zero-order valence-corrected chi connectivity index (χ0v) is 20.3. The number of carbonyl (C=O) groups excluding carboxylic acids is 1. The van der Waals surface area contributed by atoms with Crippen LogP contribution < -0.4 is 15.0 Å². The van der Waals surface area contributed by atoms with Gasteiger partial charge in [0.1, 0.15) is 11.6 Å². The summed E-state index contributed by atoms with van der Waals surface area (Å²) in [6, 6.07) is 11.7. The van der Waals surface area contributed by atoms with E-state index < -0.39 is 0 Å². The molecule has 1 atom stereocenters. The average Bonchev–Trinajstić information content (AvgIpc) is 3.32. The standard InChI is InChI=1S/C24H28FN5O3S/c1-16(20-14-18(25)6-9-21(20)30-12-10-29(2)11-13-30)26-22(31)15-34-24-28-27-23(33-24)17-4-7-19(32-3)8-5-17/h4-9,14,16H,10-13,15H2,1-3H3,(H,26,31). The molecule has 1 N–H and O–H groups in total. The highest BCUT2D eigenvalue weighted by Crippen LogP contribution is 2.29. The molecule has 8 nitrogen and oxygen atoms in total. The third-order valence-electron chi connectivity index (χ3n) is 5.75. The van der Waals surface area contributed by atoms with E-state index in [-0.39, 0.29) is 23.5 Å². The maximum atomic E-state index is 14.1. The lowest BCUT2D eigenvalue weighted by Crippen LogP contribution is -2.45. The molecule has 1 aliphatic rings. The molecule has 4 rings (SSSR count). The summed E-state index contributed by atoms with van der Waals surface area (Å²) in [4.78, 5) is 17.1. The van der Waals surface area contributed by atoms with Crippen LogP contribution in [-0.2, 0) is 4.79 Å². The van der Waals surface area contributed by atoms with Crippen molar-refractivity contribution in [3.8, 4) is 17.2 Å². The molecule has 10 heteroatoms. The number of hydrogen-bond acceptors (Lipinski definition) is 8. The van der Waals surface area contributed by atoms with Crippen LogP contribution in [0.3, 0.4) is 0 Å². The number of amides is 1. The predicted octanol–water partition coefficient (Wildman–Crippen LogP) is 3.61. The summed E-state index contributed by atoms with van der Waals surface area (Å²) in [5.74, 6) is 0.692. The van der Waals surface area contributed by atoms with Crippen molar-refractivity contribution in [1.29, 1.82) is 0 Å². The highest BCUT2D eigenvalue weighted by Gasteiger charge is 2.21. The van der Waals surface area contributed by atoms with Crippen molar-refractivity contribution in [1.82, 2.24) is 20.4 Å². The van der Waals surface area contributed by atoms with Gasteiger partial charge in [-0.2, -0.15) is 0 Å². The molecule has 2 aromatic carbocycles. The van der Waals surface area contributed by atoms with Crippen LogP contribution in [0.4, 0.5) is 10.1 Å². The number of nitrogens with one attached hydrogen (secondary N) is 1. The first-order valence-corrected chi connectivity index (χ1v) is 12.0. The molecule has 2 heterocycles. The first kappa shape index (κ1) is 24.0. The number of benzene rings is 2. The number of nitrogens with zero attached hydrogens (tertiary/aromatic N) is 4. The van der Waals surface area contributed by atoms with Gasteiger partial charge in [-0.3, -0.25) is 4.79 Å². The first-order chi connectivity index (χ1) is 16.4. The Hall–Kier alpha value is -3.11. The van der Waals surface area contributed by atoms with Crippen LogP contribution in [0.2, 0.25) is 0 Å². The van der Waals surface area contributed by atoms with E-state index in [1.165, 1.54) is 12.1 Å². The Morgan fingerprint density at radius 3 is 2.62 bits per heavy atom. The quantitative estimate of drug-likeness (QED) is 0.485. The number of thioether (sulfide) groups is 1. The highest BCUT2D eigenvalue weighted by molar-refractivity contribution is 7.99. The van der Waals surface area contributed by atoms with Crippen molar-refractivity contribution in [2.75, 3.05) is 51.0 Å². The van der Waals surface area contributed by atoms with Crippen molar-refractivity contribution in [3.05, 3.63) is 53.8 Å². The number of piperazine rings is 1. The number of aromatic nitrogens is 2. The molecule has 1 amide bonds. The normalized spacial score (nSPS) is 15.2. The van der Waals surface area contributed by atoms with Crippen molar-refractivity contribution in [2.45, 2.75) is 18.2 Å². The topological polar surface area (TPSA) is 83.7 Å². The molecule has 1 aromatic heterocycles. The lowest BCUT2D eigenvalue weighted by Gasteiger charge is -2.36. The molecule has 3 aromatic rings. The molecule has 0 saturated carbocycles. The molecular formula is C24H28FN5O3S. The summed E-state index contributed by atoms with van der Waals surface area (Å²) in [6.45, 7) is 5.47. The van der Waals surface area contributed by atoms with Crippen LogP contribution in [0.1, 0.15) is 18.5 Å². The number of anilines is 1. The zero-order chi connectivity index (χ0) is 24.1. The smallest absolute Gasteiger partial charge is 0.277 e. The molecule has 1 fully saturated rings. The number of rotatable bonds is 8. The Morgan fingerprint density at radius 2 is 1.91 bits per heavy atom. The van der Waals surface area contributed by atoms with Crippen molar-refractivity contribution in [3.63, 3.8) is 0 Å². The zero-order valence-electron chi connectivity index (χ0n) is 19.5. The first-order valence-electron chi connectivity index (χ1n) is 11.1. The van der Waals surface area contributed by atoms with Gasteiger partial charge in [-0.15, -0.1) is 10.2 Å². The minimum atomic E-state index is -0.351. The summed E-state index contributed by atoms with van der Waals surface area (Å²) >= 11 is 1.16. The van der Waals surface area contributed by atoms with E-state index in [0.29, 0.717) is 11.1 Å². The van der Waals surface area contributed by atoms with Gasteiger partial charge in [-0.05, 0) is 56.4 Å². The lowest BCUT2D eigenvalue weighted by atomic mass is 10.0. The van der Waals surface area contributed by atoms with E-state index in [1.807, 2.05) is 31.2 Å². The Balaban J connectivity index is 1.35. The van der Waals surface area contributed by atoms with Gasteiger partial charge in [0.2, 0.25) is 11.8 Å². The number of hydrogen-bond donors (Lipinski definition) is 1. The second kappa shape index (κ2) is 10.9. The molecule has 1 unspecified atom stereocenters. The van der Waals surface area contributed by atoms with Crippen LogP contribution in [-0.4, -0.2) is 67.1 Å². The van der Waals surface area contributed by atoms with E-state index in [0.717, 1.165) is 60.5 Å². The minimum absolute atomic E-state index is 0.105. The molecule has 0 aliphatic carbocycles. The third kappa shape index (κ3) is 5.87. The molecule has 1 aliphatic heterocycles. The number of methoxy groups -OCH3 is 1. The van der Waals surface area contributed by atoms with Crippen LogP contribution in [0.15, 0.2) is 52.1 Å². The van der Waals surface area contributed by atoms with E-state index in [1.54, 1.807) is 13.2 Å². The summed E-state index contributed by atoms with van der Waals surface area (Å²) in [5.41, 5.74) is 2.49. The Bertz CT molecular complexity index is 1120. The van der Waals surface area contributed by atoms with Gasteiger partial charge in [-0.25, -0.2) is 4.39 Å². The summed E-state index contributed by atoms with van der Waals surface area (Å²) in [6.07, 6.45) is 0. The predicted molar refractivity (Wildman–Crippen MR) is 130 cm³/mol. The molecule has 0 radical (unpaired) electrons. The lowest BCUT2D eigenvalue weighted by molar-refractivity contribution is -0.119. The van der Waals surface area contributed by atoms with Crippen molar-refractivity contribution in [2.24, 2.45) is 0 Å². The van der Waals surface area contributed by atoms with Crippen LogP contribution in [0, 0.1) is 5.82 Å². The average molecular weight is 486 g/mol. The Morgan fingerprint density at radius 1 is 1.18 bits per heavy atom. The van der Waals surface area contributed by atoms with Gasteiger partial charge < -0.3 is 24.3 Å². The summed E-state index contributed by atoms with van der Waals surface area (Å²) in [5, 5.41) is 11.3.